The van der Waals surface area contributed by atoms with Gasteiger partial charge < -0.3 is 9.83 Å². The standard InChI is InChI=1S/C25H23NO/c1-19(17-21-11-5-4-10-20(21)2)9-3-7-13-23(26)15-16-24-18-22-12-6-8-14-25(22)27-24/h3-18,26H,1-2H3/b9-3+,13-7+,16-15+,19-17+,26-23?. The highest BCUT2D eigenvalue weighted by molar-refractivity contribution is 6.04. The third-order valence-corrected chi connectivity index (χ3v) is 4.19. The predicted octanol–water partition coefficient (Wildman–Crippen LogP) is 6.99. The number of aryl methyl sites for hydroxylation is 1. The van der Waals surface area contributed by atoms with Crippen LogP contribution in [0.4, 0.5) is 0 Å². The van der Waals surface area contributed by atoms with Gasteiger partial charge in [-0.2, -0.15) is 0 Å². The molecular weight excluding hydrogens is 330 g/mol. The van der Waals surface area contributed by atoms with Crippen molar-refractivity contribution >= 4 is 28.8 Å². The van der Waals surface area contributed by atoms with Gasteiger partial charge in [0.05, 0.1) is 5.71 Å². The van der Waals surface area contributed by atoms with Crippen LogP contribution in [-0.4, -0.2) is 5.71 Å². The number of hydrogen-bond acceptors (Lipinski definition) is 2. The lowest BCUT2D eigenvalue weighted by Gasteiger charge is -1.99. The summed E-state index contributed by atoms with van der Waals surface area (Å²) in [5, 5.41) is 9.07. The molecule has 0 unspecified atom stereocenters. The first-order valence-electron chi connectivity index (χ1n) is 8.96. The van der Waals surface area contributed by atoms with Crippen molar-refractivity contribution < 1.29 is 4.42 Å². The van der Waals surface area contributed by atoms with Crippen molar-refractivity contribution in [1.29, 1.82) is 5.41 Å². The lowest BCUT2D eigenvalue weighted by molar-refractivity contribution is 0.604. The largest absolute Gasteiger partial charge is 0.457 e. The van der Waals surface area contributed by atoms with Gasteiger partial charge in [0.25, 0.3) is 0 Å². The van der Waals surface area contributed by atoms with E-state index in [1.807, 2.05) is 66.8 Å². The Hall–Kier alpha value is -3.39. The minimum Gasteiger partial charge on any atom is -0.457 e. The maximum Gasteiger partial charge on any atom is 0.134 e. The summed E-state index contributed by atoms with van der Waals surface area (Å²) < 4.78 is 5.71. The fraction of sp³-hybridized carbons (Fsp3) is 0.0800. The van der Waals surface area contributed by atoms with Crippen LogP contribution in [0.5, 0.6) is 0 Å². The smallest absolute Gasteiger partial charge is 0.134 e. The van der Waals surface area contributed by atoms with Crippen LogP contribution in [0.25, 0.3) is 23.1 Å². The van der Waals surface area contributed by atoms with Gasteiger partial charge in [-0.25, -0.2) is 0 Å². The van der Waals surface area contributed by atoms with Crippen LogP contribution in [0.1, 0.15) is 23.8 Å². The van der Waals surface area contributed by atoms with E-state index >= 15 is 0 Å². The molecule has 1 N–H and O–H groups in total. The molecule has 0 amide bonds. The highest BCUT2D eigenvalue weighted by atomic mass is 16.3. The molecule has 0 saturated heterocycles. The fourth-order valence-electron chi connectivity index (χ4n) is 2.72. The van der Waals surface area contributed by atoms with Gasteiger partial charge in [0.1, 0.15) is 11.3 Å². The zero-order valence-corrected chi connectivity index (χ0v) is 15.6. The van der Waals surface area contributed by atoms with E-state index in [1.54, 1.807) is 12.2 Å². The maximum atomic E-state index is 8.00. The van der Waals surface area contributed by atoms with Gasteiger partial charge in [0.2, 0.25) is 0 Å². The molecule has 0 saturated carbocycles. The van der Waals surface area contributed by atoms with E-state index in [9.17, 15) is 0 Å². The number of fused-ring (bicyclic) bond motifs is 1. The quantitative estimate of drug-likeness (QED) is 0.376. The summed E-state index contributed by atoms with van der Waals surface area (Å²) >= 11 is 0. The Morgan fingerprint density at radius 1 is 0.926 bits per heavy atom. The second-order valence-electron chi connectivity index (χ2n) is 6.44. The van der Waals surface area contributed by atoms with Gasteiger partial charge in [0, 0.05) is 5.39 Å². The minimum absolute atomic E-state index is 0.417. The first kappa shape index (κ1) is 18.4. The summed E-state index contributed by atoms with van der Waals surface area (Å²) in [5.74, 6) is 0.752. The molecule has 0 aliphatic carbocycles. The molecular formula is C25H23NO. The number of hydrogen-bond donors (Lipinski definition) is 1. The van der Waals surface area contributed by atoms with Gasteiger partial charge in [-0.3, -0.25) is 0 Å². The van der Waals surface area contributed by atoms with Crippen LogP contribution < -0.4 is 0 Å². The Balaban J connectivity index is 1.58. The van der Waals surface area contributed by atoms with Crippen LogP contribution in [0.3, 0.4) is 0 Å². The summed E-state index contributed by atoms with van der Waals surface area (Å²) in [4.78, 5) is 0. The maximum absolute atomic E-state index is 8.00. The summed E-state index contributed by atoms with van der Waals surface area (Å²) in [7, 11) is 0. The van der Waals surface area contributed by atoms with Crippen molar-refractivity contribution in [1.82, 2.24) is 0 Å². The molecule has 134 valence electrons. The number of furan rings is 1. The van der Waals surface area contributed by atoms with E-state index in [0.717, 1.165) is 16.7 Å². The molecule has 1 aromatic heterocycles. The molecule has 3 aromatic rings. The SMILES string of the molecule is CC(/C=C/C=C/C(=N)/C=C/c1cc2ccccc2o1)=C\c1ccccc1C. The number of rotatable bonds is 6. The normalized spacial score (nSPS) is 12.7. The monoisotopic (exact) mass is 353 g/mol. The van der Waals surface area contributed by atoms with E-state index in [4.69, 9.17) is 9.83 Å². The van der Waals surface area contributed by atoms with Crippen LogP contribution in [0, 0.1) is 12.3 Å². The molecule has 0 spiro atoms. The van der Waals surface area contributed by atoms with E-state index in [0.29, 0.717) is 5.71 Å². The molecule has 1 heterocycles. The third-order valence-electron chi connectivity index (χ3n) is 4.19. The second-order valence-corrected chi connectivity index (χ2v) is 6.44. The van der Waals surface area contributed by atoms with Gasteiger partial charge >= 0.3 is 0 Å². The van der Waals surface area contributed by atoms with Gasteiger partial charge in [-0.15, -0.1) is 0 Å². The Labute approximate surface area is 160 Å². The van der Waals surface area contributed by atoms with Gasteiger partial charge in [-0.1, -0.05) is 72.3 Å². The summed E-state index contributed by atoms with van der Waals surface area (Å²) in [6, 6.07) is 18.2. The topological polar surface area (TPSA) is 37.0 Å². The average molecular weight is 353 g/mol. The lowest BCUT2D eigenvalue weighted by atomic mass is 10.1. The van der Waals surface area contributed by atoms with Gasteiger partial charge in [0.15, 0.2) is 0 Å². The molecule has 2 aromatic carbocycles. The van der Waals surface area contributed by atoms with Crippen molar-refractivity contribution in [2.75, 3.05) is 0 Å². The second kappa shape index (κ2) is 8.81. The average Bonchev–Trinajstić information content (AvgIpc) is 3.08. The van der Waals surface area contributed by atoms with Crippen molar-refractivity contribution in [2.24, 2.45) is 0 Å². The van der Waals surface area contributed by atoms with Gasteiger partial charge in [-0.05, 0) is 55.3 Å². The number of para-hydroxylation sites is 1. The van der Waals surface area contributed by atoms with Crippen LogP contribution in [-0.2, 0) is 0 Å². The zero-order valence-electron chi connectivity index (χ0n) is 15.6. The molecule has 0 aliphatic rings. The molecule has 2 heteroatoms. The lowest BCUT2D eigenvalue weighted by Crippen LogP contribution is -1.82. The van der Waals surface area contributed by atoms with Crippen molar-refractivity contribution in [3.05, 3.63) is 107 Å². The Morgan fingerprint density at radius 2 is 1.67 bits per heavy atom. The van der Waals surface area contributed by atoms with Crippen LogP contribution in [0.15, 0.2) is 95.0 Å². The summed E-state index contributed by atoms with van der Waals surface area (Å²) in [5.41, 5.74) is 4.93. The molecule has 0 aliphatic heterocycles. The highest BCUT2D eigenvalue weighted by Crippen LogP contribution is 2.19. The Morgan fingerprint density at radius 3 is 2.48 bits per heavy atom. The third kappa shape index (κ3) is 5.29. The molecule has 0 bridgehead atoms. The predicted molar refractivity (Wildman–Crippen MR) is 116 cm³/mol. The first-order valence-corrected chi connectivity index (χ1v) is 8.96. The minimum atomic E-state index is 0.417. The molecule has 0 radical (unpaired) electrons. The molecule has 0 fully saturated rings. The van der Waals surface area contributed by atoms with Crippen molar-refractivity contribution in [2.45, 2.75) is 13.8 Å². The molecule has 2 nitrogen and oxygen atoms in total. The van der Waals surface area contributed by atoms with E-state index < -0.39 is 0 Å². The Kier molecular flexibility index (Phi) is 6.01. The first-order chi connectivity index (χ1) is 13.1. The summed E-state index contributed by atoms with van der Waals surface area (Å²) in [6.07, 6.45) is 13.3. The van der Waals surface area contributed by atoms with Crippen LogP contribution >= 0.6 is 0 Å². The molecule has 0 atom stereocenters. The molecule has 3 rings (SSSR count). The van der Waals surface area contributed by atoms with E-state index in [2.05, 4.69) is 32.1 Å². The zero-order chi connectivity index (χ0) is 19.1. The van der Waals surface area contributed by atoms with E-state index in [-0.39, 0.29) is 0 Å². The number of nitrogens with one attached hydrogen (secondary N) is 1. The van der Waals surface area contributed by atoms with E-state index in [1.165, 1.54) is 16.7 Å². The summed E-state index contributed by atoms with van der Waals surface area (Å²) in [6.45, 7) is 4.18. The van der Waals surface area contributed by atoms with Crippen molar-refractivity contribution in [3.8, 4) is 0 Å². The number of benzene rings is 2. The number of allylic oxidation sites excluding steroid dienone is 6. The van der Waals surface area contributed by atoms with Crippen LogP contribution in [0.2, 0.25) is 0 Å². The fourth-order valence-corrected chi connectivity index (χ4v) is 2.72. The van der Waals surface area contributed by atoms with Crippen molar-refractivity contribution in [3.63, 3.8) is 0 Å². The Bertz CT molecular complexity index is 1030. The highest BCUT2D eigenvalue weighted by Gasteiger charge is 1.99. The molecule has 27 heavy (non-hydrogen) atoms.